The van der Waals surface area contributed by atoms with Gasteiger partial charge in [-0.15, -0.1) is 5.10 Å². The number of fused-ring (bicyclic) bond motifs is 3. The molecular formula is C21H19FN6O. The largest absolute Gasteiger partial charge is 0.356 e. The van der Waals surface area contributed by atoms with Crippen LogP contribution < -0.4 is 5.32 Å². The average molecular weight is 390 g/mol. The first-order chi connectivity index (χ1) is 14.1. The van der Waals surface area contributed by atoms with Crippen molar-refractivity contribution in [3.8, 4) is 5.69 Å². The van der Waals surface area contributed by atoms with E-state index in [9.17, 15) is 9.18 Å². The second-order valence-electron chi connectivity index (χ2n) is 7.28. The van der Waals surface area contributed by atoms with Crippen LogP contribution in [0, 0.1) is 12.7 Å². The number of amides is 1. The zero-order valence-corrected chi connectivity index (χ0v) is 15.8. The fraction of sp³-hybridized carbons (Fsp3) is 0.238. The summed E-state index contributed by atoms with van der Waals surface area (Å²) in [5, 5.41) is 15.6. The maximum Gasteiger partial charge on any atom is 0.254 e. The molecule has 1 atom stereocenters. The molecule has 0 aliphatic heterocycles. The van der Waals surface area contributed by atoms with E-state index in [0.29, 0.717) is 17.1 Å². The number of halogens is 1. The highest BCUT2D eigenvalue weighted by molar-refractivity contribution is 5.98. The first-order valence-electron chi connectivity index (χ1n) is 9.57. The Morgan fingerprint density at radius 2 is 2.14 bits per heavy atom. The summed E-state index contributed by atoms with van der Waals surface area (Å²) < 4.78 is 15.3. The van der Waals surface area contributed by atoms with Crippen LogP contribution in [0.3, 0.4) is 0 Å². The van der Waals surface area contributed by atoms with Gasteiger partial charge in [-0.25, -0.2) is 4.39 Å². The number of hydrogen-bond donors (Lipinski definition) is 2. The fourth-order valence-electron chi connectivity index (χ4n) is 4.12. The maximum absolute atomic E-state index is 13.7. The number of para-hydroxylation sites is 1. The van der Waals surface area contributed by atoms with E-state index < -0.39 is 0 Å². The lowest BCUT2D eigenvalue weighted by molar-refractivity contribution is 0.0931. The summed E-state index contributed by atoms with van der Waals surface area (Å²) >= 11 is 0. The zero-order valence-electron chi connectivity index (χ0n) is 15.8. The van der Waals surface area contributed by atoms with E-state index in [0.717, 1.165) is 41.4 Å². The van der Waals surface area contributed by atoms with Crippen LogP contribution in [0.4, 0.5) is 4.39 Å². The Hall–Kier alpha value is -3.55. The van der Waals surface area contributed by atoms with Crippen molar-refractivity contribution in [2.45, 2.75) is 32.2 Å². The predicted molar refractivity (Wildman–Crippen MR) is 105 cm³/mol. The summed E-state index contributed by atoms with van der Waals surface area (Å²) in [4.78, 5) is 16.5. The lowest BCUT2D eigenvalue weighted by atomic mass is 9.91. The summed E-state index contributed by atoms with van der Waals surface area (Å²) in [6.07, 6.45) is 2.61. The molecule has 0 saturated heterocycles. The van der Waals surface area contributed by atoms with Gasteiger partial charge in [0.2, 0.25) is 0 Å². The van der Waals surface area contributed by atoms with Crippen molar-refractivity contribution in [2.24, 2.45) is 0 Å². The van der Waals surface area contributed by atoms with Crippen LogP contribution in [0.2, 0.25) is 0 Å². The van der Waals surface area contributed by atoms with Crippen molar-refractivity contribution in [1.82, 2.24) is 30.5 Å². The van der Waals surface area contributed by atoms with Crippen LogP contribution >= 0.6 is 0 Å². The molecule has 146 valence electrons. The number of benzene rings is 2. The topological polar surface area (TPSA) is 88.5 Å². The van der Waals surface area contributed by atoms with Crippen LogP contribution in [0.25, 0.3) is 16.6 Å². The Morgan fingerprint density at radius 1 is 1.28 bits per heavy atom. The average Bonchev–Trinajstić information content (AvgIpc) is 3.32. The third-order valence-corrected chi connectivity index (χ3v) is 5.48. The number of aromatic nitrogens is 5. The van der Waals surface area contributed by atoms with Gasteiger partial charge in [-0.1, -0.05) is 12.1 Å². The minimum absolute atomic E-state index is 0.162. The van der Waals surface area contributed by atoms with Crippen LogP contribution in [0.15, 0.2) is 42.5 Å². The van der Waals surface area contributed by atoms with E-state index in [1.165, 1.54) is 6.07 Å². The third kappa shape index (κ3) is 2.97. The second kappa shape index (κ2) is 6.80. The minimum Gasteiger partial charge on any atom is -0.356 e. The molecule has 2 heterocycles. The van der Waals surface area contributed by atoms with Crippen LogP contribution in [0.1, 0.15) is 46.3 Å². The predicted octanol–water partition coefficient (Wildman–Crippen LogP) is 3.40. The molecule has 1 aliphatic carbocycles. The van der Waals surface area contributed by atoms with Crippen molar-refractivity contribution < 1.29 is 9.18 Å². The molecular weight excluding hydrogens is 371 g/mol. The molecule has 0 saturated carbocycles. The van der Waals surface area contributed by atoms with Gasteiger partial charge in [0.15, 0.2) is 5.82 Å². The van der Waals surface area contributed by atoms with Gasteiger partial charge >= 0.3 is 0 Å². The number of nitrogens with zero attached hydrogens (tertiary/aromatic N) is 4. The van der Waals surface area contributed by atoms with Crippen molar-refractivity contribution in [3.05, 3.63) is 70.9 Å². The Labute approximate surface area is 165 Å². The number of tetrazole rings is 1. The first-order valence-corrected chi connectivity index (χ1v) is 9.57. The molecule has 1 amide bonds. The number of carbonyl (C=O) groups excluding carboxylic acids is 1. The molecule has 0 bridgehead atoms. The van der Waals surface area contributed by atoms with E-state index in [2.05, 4.69) is 25.8 Å². The van der Waals surface area contributed by atoms with Crippen molar-refractivity contribution in [3.63, 3.8) is 0 Å². The van der Waals surface area contributed by atoms with E-state index in [4.69, 9.17) is 0 Å². The molecule has 0 unspecified atom stereocenters. The van der Waals surface area contributed by atoms with E-state index in [-0.39, 0.29) is 17.8 Å². The molecule has 8 heteroatoms. The maximum atomic E-state index is 13.7. The number of hydrogen-bond acceptors (Lipinski definition) is 4. The Balaban J connectivity index is 1.49. The number of H-pyrrole nitrogens is 1. The first kappa shape index (κ1) is 17.5. The lowest BCUT2D eigenvalue weighted by Crippen LogP contribution is -2.31. The highest BCUT2D eigenvalue weighted by atomic mass is 19.1. The van der Waals surface area contributed by atoms with Gasteiger partial charge in [-0.2, -0.15) is 4.68 Å². The van der Waals surface area contributed by atoms with Crippen molar-refractivity contribution in [1.29, 1.82) is 0 Å². The third-order valence-electron chi connectivity index (χ3n) is 5.48. The fourth-order valence-corrected chi connectivity index (χ4v) is 4.12. The molecule has 0 fully saturated rings. The molecule has 29 heavy (non-hydrogen) atoms. The van der Waals surface area contributed by atoms with Gasteiger partial charge in [0.1, 0.15) is 5.82 Å². The molecule has 0 spiro atoms. The molecule has 2 N–H and O–H groups in total. The summed E-state index contributed by atoms with van der Waals surface area (Å²) in [5.41, 5.74) is 4.06. The van der Waals surface area contributed by atoms with Gasteiger partial charge in [0, 0.05) is 16.6 Å². The zero-order chi connectivity index (χ0) is 20.0. The van der Waals surface area contributed by atoms with Crippen LogP contribution in [0.5, 0.6) is 0 Å². The molecule has 2 aromatic carbocycles. The monoisotopic (exact) mass is 390 g/mol. The molecule has 2 aromatic heterocycles. The summed E-state index contributed by atoms with van der Waals surface area (Å²) in [6.45, 7) is 1.78. The quantitative estimate of drug-likeness (QED) is 0.561. The molecule has 5 rings (SSSR count). The number of carbonyl (C=O) groups is 1. The van der Waals surface area contributed by atoms with Crippen LogP contribution in [-0.2, 0) is 6.42 Å². The van der Waals surface area contributed by atoms with Gasteiger partial charge in [-0.05, 0) is 72.5 Å². The summed E-state index contributed by atoms with van der Waals surface area (Å²) in [5.74, 6) is 0.150. The Bertz CT molecular complexity index is 1230. The SMILES string of the molecule is Cc1nnnn1-c1ccccc1C(=O)N[C@@H]1CCCc2c1[nH]c1ccc(F)cc21. The van der Waals surface area contributed by atoms with Crippen LogP contribution in [-0.4, -0.2) is 31.1 Å². The van der Waals surface area contributed by atoms with E-state index >= 15 is 0 Å². The Kier molecular flexibility index (Phi) is 4.12. The minimum atomic E-state index is -0.254. The molecule has 1 aliphatic rings. The number of aromatic amines is 1. The summed E-state index contributed by atoms with van der Waals surface area (Å²) in [6, 6.07) is 11.8. The van der Waals surface area contributed by atoms with Gasteiger partial charge in [0.05, 0.1) is 17.3 Å². The van der Waals surface area contributed by atoms with E-state index in [1.807, 2.05) is 18.2 Å². The molecule has 7 nitrogen and oxygen atoms in total. The standard InChI is InChI=1S/C21H19FN6O/c1-12-25-26-27-28(12)19-8-3-2-5-15(19)21(29)24-18-7-4-6-14-16-11-13(22)9-10-17(16)23-20(14)18/h2-3,5,8-11,18,23H,4,6-7H2,1H3,(H,24,29)/t18-/m1/s1. The van der Waals surface area contributed by atoms with Crippen molar-refractivity contribution >= 4 is 16.8 Å². The smallest absolute Gasteiger partial charge is 0.254 e. The Morgan fingerprint density at radius 3 is 2.97 bits per heavy atom. The van der Waals surface area contributed by atoms with Gasteiger partial charge in [0.25, 0.3) is 5.91 Å². The number of nitrogens with one attached hydrogen (secondary N) is 2. The summed E-state index contributed by atoms with van der Waals surface area (Å²) in [7, 11) is 0. The highest BCUT2D eigenvalue weighted by Gasteiger charge is 2.27. The molecule has 0 radical (unpaired) electrons. The van der Waals surface area contributed by atoms with Gasteiger partial charge < -0.3 is 10.3 Å². The lowest BCUT2D eigenvalue weighted by Gasteiger charge is -2.24. The van der Waals surface area contributed by atoms with Gasteiger partial charge in [-0.3, -0.25) is 4.79 Å². The number of rotatable bonds is 3. The van der Waals surface area contributed by atoms with E-state index in [1.54, 1.807) is 29.8 Å². The van der Waals surface area contributed by atoms with Crippen molar-refractivity contribution in [2.75, 3.05) is 0 Å². The molecule has 4 aromatic rings. The highest BCUT2D eigenvalue weighted by Crippen LogP contribution is 2.35. The second-order valence-corrected chi connectivity index (χ2v) is 7.28. The normalized spacial score (nSPS) is 16.0. The number of aryl methyl sites for hydroxylation is 2.